The predicted octanol–water partition coefficient (Wildman–Crippen LogP) is 4.81. The van der Waals surface area contributed by atoms with Crippen LogP contribution in [0.25, 0.3) is 0 Å². The van der Waals surface area contributed by atoms with E-state index in [0.717, 1.165) is 5.56 Å². The number of carbonyl (C=O) groups excluding carboxylic acids is 1. The Kier molecular flexibility index (Phi) is 6.04. The number of hydrogen-bond donors (Lipinski definition) is 0. The maximum absolute atomic E-state index is 14.2. The predicted molar refractivity (Wildman–Crippen MR) is 110 cm³/mol. The van der Waals surface area contributed by atoms with E-state index < -0.39 is 18.1 Å². The molecule has 1 atom stereocenters. The SMILES string of the molecule is COC(=O)c1ccc(OCc2cc(F)cc3c2OC(c2ccccc2)OC3)c(OC)c1. The third kappa shape index (κ3) is 4.46. The van der Waals surface area contributed by atoms with Crippen LogP contribution in [0.4, 0.5) is 4.39 Å². The van der Waals surface area contributed by atoms with Gasteiger partial charge in [0.15, 0.2) is 11.5 Å². The summed E-state index contributed by atoms with van der Waals surface area (Å²) in [7, 11) is 2.77. The average molecular weight is 424 g/mol. The Balaban J connectivity index is 1.57. The zero-order valence-electron chi connectivity index (χ0n) is 17.1. The fourth-order valence-corrected chi connectivity index (χ4v) is 3.35. The van der Waals surface area contributed by atoms with Crippen molar-refractivity contribution < 1.29 is 32.9 Å². The van der Waals surface area contributed by atoms with Crippen LogP contribution in [-0.4, -0.2) is 20.2 Å². The highest BCUT2D eigenvalue weighted by Gasteiger charge is 2.25. The molecular weight excluding hydrogens is 403 g/mol. The van der Waals surface area contributed by atoms with Gasteiger partial charge in [0.2, 0.25) is 6.29 Å². The summed E-state index contributed by atoms with van der Waals surface area (Å²) in [6.07, 6.45) is -0.591. The van der Waals surface area contributed by atoms with Gasteiger partial charge < -0.3 is 23.7 Å². The summed E-state index contributed by atoms with van der Waals surface area (Å²) >= 11 is 0. The smallest absolute Gasteiger partial charge is 0.337 e. The Labute approximate surface area is 179 Å². The van der Waals surface area contributed by atoms with Crippen LogP contribution < -0.4 is 14.2 Å². The summed E-state index contributed by atoms with van der Waals surface area (Å²) in [6.45, 7) is 0.256. The van der Waals surface area contributed by atoms with Crippen molar-refractivity contribution >= 4 is 5.97 Å². The van der Waals surface area contributed by atoms with Gasteiger partial charge in [-0.2, -0.15) is 0 Å². The van der Waals surface area contributed by atoms with Crippen molar-refractivity contribution in [1.29, 1.82) is 0 Å². The molecule has 0 fully saturated rings. The van der Waals surface area contributed by atoms with Gasteiger partial charge in [0.05, 0.1) is 26.4 Å². The van der Waals surface area contributed by atoms with Gasteiger partial charge in [-0.15, -0.1) is 0 Å². The Hall–Kier alpha value is -3.58. The van der Waals surface area contributed by atoms with Crippen LogP contribution in [0.2, 0.25) is 0 Å². The van der Waals surface area contributed by atoms with E-state index >= 15 is 0 Å². The first-order valence-corrected chi connectivity index (χ1v) is 9.62. The molecule has 0 radical (unpaired) electrons. The molecule has 0 bridgehead atoms. The van der Waals surface area contributed by atoms with Crippen molar-refractivity contribution in [2.24, 2.45) is 0 Å². The normalized spacial score (nSPS) is 14.9. The number of benzene rings is 3. The number of ether oxygens (including phenoxy) is 5. The number of methoxy groups -OCH3 is 2. The first-order valence-electron chi connectivity index (χ1n) is 9.62. The minimum absolute atomic E-state index is 0.0372. The lowest BCUT2D eigenvalue weighted by Gasteiger charge is -2.28. The fraction of sp³-hybridized carbons (Fsp3) is 0.208. The monoisotopic (exact) mass is 424 g/mol. The zero-order valence-corrected chi connectivity index (χ0v) is 17.1. The van der Waals surface area contributed by atoms with Crippen molar-refractivity contribution in [2.75, 3.05) is 14.2 Å². The Morgan fingerprint density at radius 2 is 1.87 bits per heavy atom. The Bertz CT molecular complexity index is 1080. The molecule has 1 aliphatic heterocycles. The number of halogens is 1. The fourth-order valence-electron chi connectivity index (χ4n) is 3.35. The van der Waals surface area contributed by atoms with Gasteiger partial charge >= 0.3 is 5.97 Å². The van der Waals surface area contributed by atoms with Crippen LogP contribution in [-0.2, 0) is 22.7 Å². The third-order valence-corrected chi connectivity index (χ3v) is 4.86. The Morgan fingerprint density at radius 3 is 2.61 bits per heavy atom. The molecule has 0 saturated heterocycles. The van der Waals surface area contributed by atoms with Gasteiger partial charge in [-0.05, 0) is 30.3 Å². The molecule has 3 aromatic carbocycles. The highest BCUT2D eigenvalue weighted by Crippen LogP contribution is 2.37. The van der Waals surface area contributed by atoms with E-state index in [1.165, 1.54) is 32.4 Å². The largest absolute Gasteiger partial charge is 0.493 e. The lowest BCUT2D eigenvalue weighted by atomic mass is 10.1. The van der Waals surface area contributed by atoms with Gasteiger partial charge in [-0.1, -0.05) is 30.3 Å². The second-order valence-electron chi connectivity index (χ2n) is 6.87. The van der Waals surface area contributed by atoms with Crippen LogP contribution >= 0.6 is 0 Å². The molecule has 1 unspecified atom stereocenters. The summed E-state index contributed by atoms with van der Waals surface area (Å²) in [4.78, 5) is 11.7. The van der Waals surface area contributed by atoms with E-state index in [4.69, 9.17) is 23.7 Å². The first-order chi connectivity index (χ1) is 15.1. The molecule has 0 aliphatic carbocycles. The van der Waals surface area contributed by atoms with Gasteiger partial charge in [-0.3, -0.25) is 0 Å². The van der Waals surface area contributed by atoms with Crippen molar-refractivity contribution in [1.82, 2.24) is 0 Å². The molecule has 0 aromatic heterocycles. The highest BCUT2D eigenvalue weighted by atomic mass is 19.1. The number of rotatable bonds is 6. The lowest BCUT2D eigenvalue weighted by Crippen LogP contribution is -2.19. The molecule has 0 N–H and O–H groups in total. The quantitative estimate of drug-likeness (QED) is 0.530. The van der Waals surface area contributed by atoms with Crippen LogP contribution in [0.3, 0.4) is 0 Å². The van der Waals surface area contributed by atoms with Gasteiger partial charge in [0.25, 0.3) is 0 Å². The molecule has 7 heteroatoms. The topological polar surface area (TPSA) is 63.2 Å². The van der Waals surface area contributed by atoms with E-state index in [1.807, 2.05) is 30.3 Å². The van der Waals surface area contributed by atoms with E-state index in [0.29, 0.717) is 33.9 Å². The van der Waals surface area contributed by atoms with E-state index in [9.17, 15) is 9.18 Å². The number of esters is 1. The molecule has 6 nitrogen and oxygen atoms in total. The van der Waals surface area contributed by atoms with E-state index in [1.54, 1.807) is 12.1 Å². The molecule has 1 aliphatic rings. The zero-order chi connectivity index (χ0) is 21.8. The van der Waals surface area contributed by atoms with Crippen molar-refractivity contribution in [3.63, 3.8) is 0 Å². The molecule has 0 spiro atoms. The van der Waals surface area contributed by atoms with Crippen LogP contribution in [0.5, 0.6) is 17.2 Å². The van der Waals surface area contributed by atoms with E-state index in [-0.39, 0.29) is 13.2 Å². The molecular formula is C24H21FO6. The van der Waals surface area contributed by atoms with Crippen LogP contribution in [0.15, 0.2) is 60.7 Å². The second kappa shape index (κ2) is 9.06. The molecule has 31 heavy (non-hydrogen) atoms. The van der Waals surface area contributed by atoms with Crippen LogP contribution in [0, 0.1) is 5.82 Å². The number of carbonyl (C=O) groups is 1. The molecule has 3 aromatic rings. The van der Waals surface area contributed by atoms with E-state index in [2.05, 4.69) is 0 Å². The standard InChI is InChI=1S/C24H21FO6/c1-27-21-12-16(23(26)28-2)8-9-20(21)29-13-17-10-19(25)11-18-14-30-24(31-22(17)18)15-6-4-3-5-7-15/h3-12,24H,13-14H2,1-2H3. The van der Waals surface area contributed by atoms with Gasteiger partial charge in [-0.25, -0.2) is 9.18 Å². The van der Waals surface area contributed by atoms with Crippen LogP contribution in [0.1, 0.15) is 33.3 Å². The number of fused-ring (bicyclic) bond motifs is 1. The maximum atomic E-state index is 14.2. The summed E-state index contributed by atoms with van der Waals surface area (Å²) in [6, 6.07) is 17.0. The molecule has 0 saturated carbocycles. The van der Waals surface area contributed by atoms with Crippen molar-refractivity contribution in [2.45, 2.75) is 19.5 Å². The first kappa shape index (κ1) is 20.7. The number of hydrogen-bond acceptors (Lipinski definition) is 6. The summed E-state index contributed by atoms with van der Waals surface area (Å²) < 4.78 is 41.9. The van der Waals surface area contributed by atoms with Crippen molar-refractivity contribution in [3.05, 3.63) is 88.7 Å². The minimum atomic E-state index is -0.591. The van der Waals surface area contributed by atoms with Gasteiger partial charge in [0.1, 0.15) is 18.2 Å². The summed E-state index contributed by atoms with van der Waals surface area (Å²) in [5, 5.41) is 0. The average Bonchev–Trinajstić information content (AvgIpc) is 2.82. The maximum Gasteiger partial charge on any atom is 0.337 e. The highest BCUT2D eigenvalue weighted by molar-refractivity contribution is 5.90. The second-order valence-corrected chi connectivity index (χ2v) is 6.87. The summed E-state index contributed by atoms with van der Waals surface area (Å²) in [5.74, 6) is 0.409. The molecule has 1 heterocycles. The molecule has 160 valence electrons. The Morgan fingerprint density at radius 1 is 1.06 bits per heavy atom. The minimum Gasteiger partial charge on any atom is -0.493 e. The third-order valence-electron chi connectivity index (χ3n) is 4.86. The van der Waals surface area contributed by atoms with Crippen molar-refractivity contribution in [3.8, 4) is 17.2 Å². The molecule has 0 amide bonds. The molecule has 4 rings (SSSR count). The lowest BCUT2D eigenvalue weighted by molar-refractivity contribution is -0.112. The summed E-state index contributed by atoms with van der Waals surface area (Å²) in [5.41, 5.74) is 2.35. The van der Waals surface area contributed by atoms with Gasteiger partial charge in [0, 0.05) is 16.7 Å².